The zero-order chi connectivity index (χ0) is 16.0. The van der Waals surface area contributed by atoms with Crippen molar-refractivity contribution in [2.75, 3.05) is 7.11 Å². The number of hydrogen-bond acceptors (Lipinski definition) is 4. The Hall–Kier alpha value is -0.610. The number of carbonyl (C=O) groups excluding carboxylic acids is 1. The fourth-order valence-electron chi connectivity index (χ4n) is 4.39. The lowest BCUT2D eigenvalue weighted by molar-refractivity contribution is -0.148. The lowest BCUT2D eigenvalue weighted by Crippen LogP contribution is -2.51. The number of rotatable bonds is 6. The molecule has 3 N–H and O–H groups in total. The third-order valence-corrected chi connectivity index (χ3v) is 5.72. The molecule has 0 aromatic carbocycles. The van der Waals surface area contributed by atoms with Crippen LogP contribution in [0.5, 0.6) is 0 Å². The first-order valence-corrected chi connectivity index (χ1v) is 9.09. The van der Waals surface area contributed by atoms with Crippen LogP contribution in [0.3, 0.4) is 0 Å². The highest BCUT2D eigenvalue weighted by molar-refractivity contribution is 5.80. The van der Waals surface area contributed by atoms with E-state index in [4.69, 9.17) is 10.5 Å². The molecule has 2 aliphatic rings. The highest BCUT2D eigenvalue weighted by atomic mass is 16.5. The molecule has 4 heteroatoms. The van der Waals surface area contributed by atoms with Gasteiger partial charge in [-0.15, -0.1) is 0 Å². The molecule has 4 nitrogen and oxygen atoms in total. The molecular formula is C18H33NO3. The van der Waals surface area contributed by atoms with E-state index in [9.17, 15) is 9.90 Å². The average Bonchev–Trinajstić information content (AvgIpc) is 2.53. The van der Waals surface area contributed by atoms with Crippen molar-refractivity contribution in [2.24, 2.45) is 17.6 Å². The second kappa shape index (κ2) is 8.30. The summed E-state index contributed by atoms with van der Waals surface area (Å²) in [5, 5.41) is 9.85. The molecule has 2 saturated carbocycles. The van der Waals surface area contributed by atoms with Crippen LogP contribution >= 0.6 is 0 Å². The number of hydrogen-bond donors (Lipinski definition) is 2. The monoisotopic (exact) mass is 311 g/mol. The van der Waals surface area contributed by atoms with Gasteiger partial charge in [-0.1, -0.05) is 44.9 Å². The number of ether oxygens (including phenoxy) is 1. The molecular weight excluding hydrogens is 278 g/mol. The molecule has 0 unspecified atom stereocenters. The fourth-order valence-corrected chi connectivity index (χ4v) is 4.39. The molecule has 0 saturated heterocycles. The van der Waals surface area contributed by atoms with Crippen LogP contribution in [0.25, 0.3) is 0 Å². The molecule has 0 aromatic heterocycles. The van der Waals surface area contributed by atoms with Crippen molar-refractivity contribution in [3.8, 4) is 0 Å². The van der Waals surface area contributed by atoms with Crippen molar-refractivity contribution in [1.29, 1.82) is 0 Å². The molecule has 0 aliphatic heterocycles. The molecule has 0 radical (unpaired) electrons. The fraction of sp³-hybridized carbons (Fsp3) is 0.944. The maximum atomic E-state index is 12.3. The van der Waals surface area contributed by atoms with E-state index in [1.807, 2.05) is 0 Å². The predicted molar refractivity (Wildman–Crippen MR) is 87.3 cm³/mol. The van der Waals surface area contributed by atoms with Crippen molar-refractivity contribution in [2.45, 2.75) is 88.7 Å². The van der Waals surface area contributed by atoms with Gasteiger partial charge in [0.1, 0.15) is 5.54 Å². The molecule has 128 valence electrons. The van der Waals surface area contributed by atoms with E-state index in [0.717, 1.165) is 44.4 Å². The van der Waals surface area contributed by atoms with E-state index in [1.54, 1.807) is 0 Å². The van der Waals surface area contributed by atoms with Crippen LogP contribution in [0.4, 0.5) is 0 Å². The lowest BCUT2D eigenvalue weighted by atomic mass is 9.75. The molecule has 2 rings (SSSR count). The lowest BCUT2D eigenvalue weighted by Gasteiger charge is -2.35. The number of aliphatic hydroxyl groups excluding tert-OH is 1. The van der Waals surface area contributed by atoms with Crippen molar-refractivity contribution < 1.29 is 14.6 Å². The summed E-state index contributed by atoms with van der Waals surface area (Å²) >= 11 is 0. The maximum Gasteiger partial charge on any atom is 0.325 e. The van der Waals surface area contributed by atoms with Crippen molar-refractivity contribution >= 4 is 5.97 Å². The van der Waals surface area contributed by atoms with Gasteiger partial charge >= 0.3 is 5.97 Å². The molecule has 0 aromatic rings. The van der Waals surface area contributed by atoms with E-state index in [-0.39, 0.29) is 12.1 Å². The SMILES string of the molecule is COC(=O)[C@@](N)(CCC1CCCCC1)C[C@@H]1CCC[C@@H](O)C1. The summed E-state index contributed by atoms with van der Waals surface area (Å²) < 4.78 is 5.00. The van der Waals surface area contributed by atoms with Crippen LogP contribution in [0, 0.1) is 11.8 Å². The largest absolute Gasteiger partial charge is 0.468 e. The molecule has 2 fully saturated rings. The molecule has 22 heavy (non-hydrogen) atoms. The molecule has 0 bridgehead atoms. The Labute approximate surface area is 134 Å². The molecule has 0 spiro atoms. The Morgan fingerprint density at radius 1 is 1.14 bits per heavy atom. The van der Waals surface area contributed by atoms with Crippen LogP contribution in [0.2, 0.25) is 0 Å². The third-order valence-electron chi connectivity index (χ3n) is 5.72. The summed E-state index contributed by atoms with van der Waals surface area (Å²) in [5.41, 5.74) is 5.62. The number of aliphatic hydroxyl groups is 1. The third kappa shape index (κ3) is 4.95. The van der Waals surface area contributed by atoms with Gasteiger partial charge < -0.3 is 15.6 Å². The topological polar surface area (TPSA) is 72.5 Å². The molecule has 3 atom stereocenters. The van der Waals surface area contributed by atoms with Crippen LogP contribution in [-0.2, 0) is 9.53 Å². The van der Waals surface area contributed by atoms with Crippen LogP contribution in [0.1, 0.15) is 77.0 Å². The first kappa shape index (κ1) is 17.7. The number of esters is 1. The normalized spacial score (nSPS) is 29.8. The van der Waals surface area contributed by atoms with E-state index in [0.29, 0.717) is 12.3 Å². The second-order valence-electron chi connectivity index (χ2n) is 7.58. The van der Waals surface area contributed by atoms with Gasteiger partial charge in [0.25, 0.3) is 0 Å². The van der Waals surface area contributed by atoms with Crippen LogP contribution < -0.4 is 5.73 Å². The highest BCUT2D eigenvalue weighted by Crippen LogP contribution is 2.35. The zero-order valence-corrected chi connectivity index (χ0v) is 14.1. The average molecular weight is 311 g/mol. The van der Waals surface area contributed by atoms with Gasteiger partial charge in [0, 0.05) is 0 Å². The minimum absolute atomic E-state index is 0.223. The number of carbonyl (C=O) groups is 1. The molecule has 0 amide bonds. The summed E-state index contributed by atoms with van der Waals surface area (Å²) in [4.78, 5) is 12.3. The van der Waals surface area contributed by atoms with Crippen molar-refractivity contribution in [3.63, 3.8) is 0 Å². The van der Waals surface area contributed by atoms with Crippen LogP contribution in [-0.4, -0.2) is 29.8 Å². The summed E-state index contributed by atoms with van der Waals surface area (Å²) in [6.07, 6.45) is 12.5. The molecule has 2 aliphatic carbocycles. The summed E-state index contributed by atoms with van der Waals surface area (Å²) in [6.45, 7) is 0. The number of methoxy groups -OCH3 is 1. The van der Waals surface area contributed by atoms with Gasteiger partial charge in [0.2, 0.25) is 0 Å². The Kier molecular flexibility index (Phi) is 6.69. The minimum Gasteiger partial charge on any atom is -0.468 e. The Morgan fingerprint density at radius 3 is 2.45 bits per heavy atom. The van der Waals surface area contributed by atoms with Gasteiger partial charge in [0.15, 0.2) is 0 Å². The standard InChI is InChI=1S/C18H33NO3/c1-22-17(21)18(19,11-10-14-6-3-2-4-7-14)13-15-8-5-9-16(20)12-15/h14-16,20H,2-13,19H2,1H3/t15-,16-,18-/m1/s1. The minimum atomic E-state index is -0.867. The number of nitrogens with two attached hydrogens (primary N) is 1. The van der Waals surface area contributed by atoms with Gasteiger partial charge in [-0.25, -0.2) is 0 Å². The van der Waals surface area contributed by atoms with Crippen LogP contribution in [0.15, 0.2) is 0 Å². The predicted octanol–water partition coefficient (Wildman–Crippen LogP) is 3.16. The van der Waals surface area contributed by atoms with Gasteiger partial charge in [-0.3, -0.25) is 4.79 Å². The molecule has 0 heterocycles. The Bertz CT molecular complexity index is 354. The highest BCUT2D eigenvalue weighted by Gasteiger charge is 2.39. The second-order valence-corrected chi connectivity index (χ2v) is 7.58. The van der Waals surface area contributed by atoms with Crippen molar-refractivity contribution in [1.82, 2.24) is 0 Å². The van der Waals surface area contributed by atoms with Gasteiger partial charge in [-0.05, 0) is 43.9 Å². The van der Waals surface area contributed by atoms with Gasteiger partial charge in [-0.2, -0.15) is 0 Å². The van der Waals surface area contributed by atoms with E-state index in [2.05, 4.69) is 0 Å². The quantitative estimate of drug-likeness (QED) is 0.739. The Balaban J connectivity index is 1.91. The first-order valence-electron chi connectivity index (χ1n) is 9.09. The summed E-state index contributed by atoms with van der Waals surface area (Å²) in [7, 11) is 1.43. The Morgan fingerprint density at radius 2 is 1.82 bits per heavy atom. The van der Waals surface area contributed by atoms with E-state index >= 15 is 0 Å². The maximum absolute atomic E-state index is 12.3. The summed E-state index contributed by atoms with van der Waals surface area (Å²) in [6, 6.07) is 0. The van der Waals surface area contributed by atoms with E-state index < -0.39 is 5.54 Å². The zero-order valence-electron chi connectivity index (χ0n) is 14.1. The first-order chi connectivity index (χ1) is 10.5. The summed E-state index contributed by atoms with van der Waals surface area (Å²) in [5.74, 6) is 0.792. The van der Waals surface area contributed by atoms with E-state index in [1.165, 1.54) is 39.2 Å². The smallest absolute Gasteiger partial charge is 0.325 e. The van der Waals surface area contributed by atoms with Gasteiger partial charge in [0.05, 0.1) is 13.2 Å². The van der Waals surface area contributed by atoms with Crippen molar-refractivity contribution in [3.05, 3.63) is 0 Å².